The van der Waals surface area contributed by atoms with Crippen molar-refractivity contribution in [3.63, 3.8) is 0 Å². The molecule has 0 bridgehead atoms. The van der Waals surface area contributed by atoms with E-state index in [9.17, 15) is 4.57 Å². The van der Waals surface area contributed by atoms with Crippen molar-refractivity contribution in [2.24, 2.45) is 0 Å². The lowest BCUT2D eigenvalue weighted by Crippen LogP contribution is -1.86. The summed E-state index contributed by atoms with van der Waals surface area (Å²) in [6.07, 6.45) is 0.335. The largest absolute Gasteiger partial charge is 0.461 e. The van der Waals surface area contributed by atoms with Gasteiger partial charge < -0.3 is 0 Å². The van der Waals surface area contributed by atoms with Gasteiger partial charge >= 0.3 is 7.15 Å². The topological polar surface area (TPSA) is 30.0 Å². The first kappa shape index (κ1) is 9.57. The molecule has 70 valence electrons. The summed E-state index contributed by atoms with van der Waals surface area (Å²) in [5.74, 6) is 0. The van der Waals surface area contributed by atoms with Gasteiger partial charge in [0.05, 0.1) is 11.2 Å². The van der Waals surface area contributed by atoms with Crippen LogP contribution >= 0.6 is 18.4 Å². The summed E-state index contributed by atoms with van der Waals surface area (Å²) in [6.45, 7) is 0. The molecule has 0 amide bonds. The SMILES string of the molecule is O=[P+](Cl)Cc1ccc2ccccc2n1. The molecule has 1 unspecified atom stereocenters. The third kappa shape index (κ3) is 2.09. The molecule has 1 aromatic heterocycles. The van der Waals surface area contributed by atoms with Gasteiger partial charge in [0.15, 0.2) is 0 Å². The third-order valence-electron chi connectivity index (χ3n) is 1.94. The summed E-state index contributed by atoms with van der Waals surface area (Å²) in [5.41, 5.74) is 1.69. The Bertz CT molecular complexity index is 486. The number of fused-ring (bicyclic) bond motifs is 1. The van der Waals surface area contributed by atoms with Crippen molar-refractivity contribution < 1.29 is 4.57 Å². The highest BCUT2D eigenvalue weighted by Gasteiger charge is 2.13. The molecule has 0 aliphatic rings. The zero-order valence-electron chi connectivity index (χ0n) is 7.35. The van der Waals surface area contributed by atoms with Crippen molar-refractivity contribution in [2.45, 2.75) is 6.16 Å². The molecule has 0 saturated heterocycles. The van der Waals surface area contributed by atoms with E-state index in [0.717, 1.165) is 16.6 Å². The predicted octanol–water partition coefficient (Wildman–Crippen LogP) is 3.72. The van der Waals surface area contributed by atoms with Gasteiger partial charge in [-0.25, -0.2) is 4.98 Å². The number of hydrogen-bond acceptors (Lipinski definition) is 2. The molecule has 0 fully saturated rings. The Hall–Kier alpha value is -0.980. The van der Waals surface area contributed by atoms with E-state index in [1.54, 1.807) is 0 Å². The van der Waals surface area contributed by atoms with Gasteiger partial charge in [0.2, 0.25) is 17.4 Å². The monoisotopic (exact) mass is 224 g/mol. The van der Waals surface area contributed by atoms with Crippen LogP contribution < -0.4 is 0 Å². The normalized spacial score (nSPS) is 11.6. The molecule has 1 aromatic carbocycles. The molecular weight excluding hydrogens is 217 g/mol. The molecule has 1 heterocycles. The van der Waals surface area contributed by atoms with E-state index in [1.165, 1.54) is 0 Å². The molecule has 0 aliphatic heterocycles. The highest BCUT2D eigenvalue weighted by molar-refractivity contribution is 7.73. The minimum absolute atomic E-state index is 0.335. The van der Waals surface area contributed by atoms with Crippen LogP contribution in [-0.2, 0) is 10.7 Å². The van der Waals surface area contributed by atoms with Crippen molar-refractivity contribution in [3.8, 4) is 0 Å². The lowest BCUT2D eigenvalue weighted by molar-refractivity contribution is 0.595. The van der Waals surface area contributed by atoms with Crippen LogP contribution in [0.4, 0.5) is 0 Å². The number of benzene rings is 1. The fourth-order valence-electron chi connectivity index (χ4n) is 1.32. The van der Waals surface area contributed by atoms with Crippen LogP contribution in [0.1, 0.15) is 5.69 Å². The molecule has 2 aromatic rings. The number of pyridine rings is 1. The van der Waals surface area contributed by atoms with Crippen LogP contribution in [-0.4, -0.2) is 4.98 Å². The minimum Gasteiger partial charge on any atom is -0.248 e. The molecule has 4 heteroatoms. The molecule has 0 spiro atoms. The average Bonchev–Trinajstić information content (AvgIpc) is 2.17. The van der Waals surface area contributed by atoms with Gasteiger partial charge in [-0.2, -0.15) is 0 Å². The Morgan fingerprint density at radius 2 is 2.00 bits per heavy atom. The van der Waals surface area contributed by atoms with E-state index in [-0.39, 0.29) is 0 Å². The minimum atomic E-state index is -1.67. The van der Waals surface area contributed by atoms with E-state index in [2.05, 4.69) is 4.98 Å². The lowest BCUT2D eigenvalue weighted by atomic mass is 10.2. The van der Waals surface area contributed by atoms with Crippen molar-refractivity contribution in [1.29, 1.82) is 0 Å². The van der Waals surface area contributed by atoms with Gasteiger partial charge in [0.1, 0.15) is 0 Å². The Morgan fingerprint density at radius 1 is 1.21 bits per heavy atom. The number of hydrogen-bond donors (Lipinski definition) is 0. The fourth-order valence-corrected chi connectivity index (χ4v) is 2.12. The van der Waals surface area contributed by atoms with Crippen LogP contribution in [0.15, 0.2) is 36.4 Å². The quantitative estimate of drug-likeness (QED) is 0.728. The molecule has 0 radical (unpaired) electrons. The first-order valence-corrected chi connectivity index (χ1v) is 6.56. The highest BCUT2D eigenvalue weighted by Crippen LogP contribution is 2.31. The van der Waals surface area contributed by atoms with Gasteiger partial charge in [-0.3, -0.25) is 0 Å². The molecule has 1 atom stereocenters. The number of nitrogens with zero attached hydrogens (tertiary/aromatic N) is 1. The smallest absolute Gasteiger partial charge is 0.248 e. The Kier molecular flexibility index (Phi) is 2.76. The second-order valence-electron chi connectivity index (χ2n) is 2.97. The summed E-state index contributed by atoms with van der Waals surface area (Å²) in [6, 6.07) is 11.6. The third-order valence-corrected chi connectivity index (χ3v) is 2.87. The van der Waals surface area contributed by atoms with E-state index in [0.29, 0.717) is 6.16 Å². The summed E-state index contributed by atoms with van der Waals surface area (Å²) in [7, 11) is -1.67. The predicted molar refractivity (Wildman–Crippen MR) is 58.9 cm³/mol. The molecule has 2 nitrogen and oxygen atoms in total. The second-order valence-corrected chi connectivity index (χ2v) is 5.05. The second kappa shape index (κ2) is 4.04. The first-order chi connectivity index (χ1) is 6.75. The van der Waals surface area contributed by atoms with Gasteiger partial charge in [-0.1, -0.05) is 28.8 Å². The molecule has 2 rings (SSSR count). The Morgan fingerprint density at radius 3 is 2.79 bits per heavy atom. The van der Waals surface area contributed by atoms with Crippen LogP contribution in [0.2, 0.25) is 0 Å². The number of halogens is 1. The van der Waals surface area contributed by atoms with Crippen molar-refractivity contribution in [3.05, 3.63) is 42.1 Å². The zero-order chi connectivity index (χ0) is 9.97. The van der Waals surface area contributed by atoms with E-state index in [4.69, 9.17) is 11.2 Å². The first-order valence-electron chi connectivity index (χ1n) is 4.21. The van der Waals surface area contributed by atoms with Gasteiger partial charge in [-0.05, 0) is 12.1 Å². The molecular formula is C10H8ClNOP+. The molecule has 0 aliphatic carbocycles. The summed E-state index contributed by atoms with van der Waals surface area (Å²) >= 11 is 5.43. The van der Waals surface area contributed by atoms with Crippen molar-refractivity contribution >= 4 is 29.3 Å². The van der Waals surface area contributed by atoms with E-state index >= 15 is 0 Å². The maximum absolute atomic E-state index is 10.8. The summed E-state index contributed by atoms with van der Waals surface area (Å²) < 4.78 is 10.8. The fraction of sp³-hybridized carbons (Fsp3) is 0.100. The van der Waals surface area contributed by atoms with Crippen molar-refractivity contribution in [1.82, 2.24) is 4.98 Å². The maximum atomic E-state index is 10.8. The van der Waals surface area contributed by atoms with Crippen LogP contribution in [0.3, 0.4) is 0 Å². The van der Waals surface area contributed by atoms with E-state index < -0.39 is 7.15 Å². The Labute approximate surface area is 87.5 Å². The summed E-state index contributed by atoms with van der Waals surface area (Å²) in [4.78, 5) is 4.35. The average molecular weight is 225 g/mol. The number of para-hydroxylation sites is 1. The van der Waals surface area contributed by atoms with Crippen LogP contribution in [0.25, 0.3) is 10.9 Å². The number of aromatic nitrogens is 1. The van der Waals surface area contributed by atoms with Crippen LogP contribution in [0.5, 0.6) is 0 Å². The molecule has 14 heavy (non-hydrogen) atoms. The van der Waals surface area contributed by atoms with Gasteiger partial charge in [0.25, 0.3) is 0 Å². The zero-order valence-corrected chi connectivity index (χ0v) is 9.00. The van der Waals surface area contributed by atoms with Gasteiger partial charge in [-0.15, -0.1) is 0 Å². The molecule has 0 saturated carbocycles. The maximum Gasteiger partial charge on any atom is 0.461 e. The summed E-state index contributed by atoms with van der Waals surface area (Å²) in [5, 5.41) is 1.08. The number of rotatable bonds is 2. The molecule has 0 N–H and O–H groups in total. The standard InChI is InChI=1S/C10H8ClNOP/c11-14(13)7-9-6-5-8-3-1-2-4-10(8)12-9/h1-6H,7H2/q+1. The Balaban J connectivity index is 2.46. The van der Waals surface area contributed by atoms with Crippen LogP contribution in [0, 0.1) is 0 Å². The highest BCUT2D eigenvalue weighted by atomic mass is 35.7. The lowest BCUT2D eigenvalue weighted by Gasteiger charge is -1.96. The van der Waals surface area contributed by atoms with E-state index in [1.807, 2.05) is 36.4 Å². The van der Waals surface area contributed by atoms with Crippen molar-refractivity contribution in [2.75, 3.05) is 0 Å². The van der Waals surface area contributed by atoms with Gasteiger partial charge in [0, 0.05) is 5.39 Å².